The van der Waals surface area contributed by atoms with E-state index in [2.05, 4.69) is 5.16 Å². The SMILES string of the molecule is COc1ccc(C2=NO[C@@H](C(=O)N3CCCCC3)C2)cc1. The first-order valence-electron chi connectivity index (χ1n) is 7.44. The van der Waals surface area contributed by atoms with Gasteiger partial charge in [0.1, 0.15) is 5.75 Å². The van der Waals surface area contributed by atoms with E-state index < -0.39 is 6.10 Å². The lowest BCUT2D eigenvalue weighted by Gasteiger charge is -2.28. The molecule has 0 saturated carbocycles. The number of rotatable bonds is 3. The second kappa shape index (κ2) is 6.16. The maximum Gasteiger partial charge on any atom is 0.266 e. The zero-order valence-corrected chi connectivity index (χ0v) is 12.2. The Hall–Kier alpha value is -2.04. The Balaban J connectivity index is 1.62. The first kappa shape index (κ1) is 13.9. The highest BCUT2D eigenvalue weighted by Gasteiger charge is 2.32. The molecule has 0 unspecified atom stereocenters. The maximum atomic E-state index is 12.4. The number of hydrogen-bond acceptors (Lipinski definition) is 4. The van der Waals surface area contributed by atoms with Crippen LogP contribution in [0.4, 0.5) is 0 Å². The van der Waals surface area contributed by atoms with Crippen LogP contribution in [0.5, 0.6) is 5.75 Å². The first-order chi connectivity index (χ1) is 10.3. The maximum absolute atomic E-state index is 12.4. The minimum absolute atomic E-state index is 0.0713. The standard InChI is InChI=1S/C16H20N2O3/c1-20-13-7-5-12(6-8-13)14-11-15(21-17-14)16(19)18-9-3-2-4-10-18/h5-8,15H,2-4,9-11H2,1H3/t15-/m1/s1. The van der Waals surface area contributed by atoms with Crippen molar-refractivity contribution in [2.24, 2.45) is 5.16 Å². The summed E-state index contributed by atoms with van der Waals surface area (Å²) in [5.74, 6) is 0.876. The Morgan fingerprint density at radius 2 is 1.95 bits per heavy atom. The van der Waals surface area contributed by atoms with Gasteiger partial charge >= 0.3 is 0 Å². The molecule has 0 bridgehead atoms. The fraction of sp³-hybridized carbons (Fsp3) is 0.500. The normalized spacial score (nSPS) is 21.7. The molecule has 1 aromatic carbocycles. The Morgan fingerprint density at radius 3 is 2.62 bits per heavy atom. The zero-order valence-electron chi connectivity index (χ0n) is 12.2. The minimum atomic E-state index is -0.458. The molecule has 1 aromatic rings. The van der Waals surface area contributed by atoms with Crippen molar-refractivity contribution >= 4 is 11.6 Å². The molecule has 2 aliphatic heterocycles. The summed E-state index contributed by atoms with van der Waals surface area (Å²) in [6.07, 6.45) is 3.47. The van der Waals surface area contributed by atoms with Gasteiger partial charge in [0.05, 0.1) is 12.8 Å². The van der Waals surface area contributed by atoms with E-state index in [9.17, 15) is 4.79 Å². The van der Waals surface area contributed by atoms with E-state index in [1.807, 2.05) is 29.2 Å². The molecule has 1 amide bonds. The topological polar surface area (TPSA) is 51.1 Å². The van der Waals surface area contributed by atoms with E-state index in [4.69, 9.17) is 9.57 Å². The third-order valence-electron chi connectivity index (χ3n) is 4.04. The van der Waals surface area contributed by atoms with Gasteiger partial charge < -0.3 is 14.5 Å². The van der Waals surface area contributed by atoms with Crippen LogP contribution in [0.3, 0.4) is 0 Å². The lowest BCUT2D eigenvalue weighted by Crippen LogP contribution is -2.42. The van der Waals surface area contributed by atoms with Crippen LogP contribution in [0.2, 0.25) is 0 Å². The van der Waals surface area contributed by atoms with Gasteiger partial charge in [-0.05, 0) is 49.1 Å². The van der Waals surface area contributed by atoms with Gasteiger partial charge in [0.2, 0.25) is 6.10 Å². The highest BCUT2D eigenvalue weighted by Crippen LogP contribution is 2.21. The van der Waals surface area contributed by atoms with Crippen molar-refractivity contribution in [1.29, 1.82) is 0 Å². The van der Waals surface area contributed by atoms with Gasteiger partial charge in [0.15, 0.2) is 0 Å². The summed E-state index contributed by atoms with van der Waals surface area (Å²) in [4.78, 5) is 19.6. The molecule has 0 spiro atoms. The summed E-state index contributed by atoms with van der Waals surface area (Å²) in [7, 11) is 1.64. The quantitative estimate of drug-likeness (QED) is 0.856. The van der Waals surface area contributed by atoms with E-state index in [1.54, 1.807) is 7.11 Å². The number of methoxy groups -OCH3 is 1. The number of carbonyl (C=O) groups excluding carboxylic acids is 1. The monoisotopic (exact) mass is 288 g/mol. The molecule has 21 heavy (non-hydrogen) atoms. The van der Waals surface area contributed by atoms with Crippen molar-refractivity contribution in [3.63, 3.8) is 0 Å². The van der Waals surface area contributed by atoms with Gasteiger partial charge in [-0.25, -0.2) is 0 Å². The van der Waals surface area contributed by atoms with E-state index in [1.165, 1.54) is 6.42 Å². The Labute approximate surface area is 124 Å². The van der Waals surface area contributed by atoms with Gasteiger partial charge in [-0.15, -0.1) is 0 Å². The number of ether oxygens (including phenoxy) is 1. The second-order valence-corrected chi connectivity index (χ2v) is 5.45. The molecule has 2 heterocycles. The van der Waals surface area contributed by atoms with Gasteiger partial charge in [-0.2, -0.15) is 0 Å². The second-order valence-electron chi connectivity index (χ2n) is 5.45. The smallest absolute Gasteiger partial charge is 0.266 e. The van der Waals surface area contributed by atoms with Crippen molar-refractivity contribution in [1.82, 2.24) is 4.90 Å². The van der Waals surface area contributed by atoms with Gasteiger partial charge in [-0.1, -0.05) is 5.16 Å². The van der Waals surface area contributed by atoms with Crippen LogP contribution in [0.1, 0.15) is 31.2 Å². The molecule has 5 heteroatoms. The average Bonchev–Trinajstić information content (AvgIpc) is 3.05. The Morgan fingerprint density at radius 1 is 1.24 bits per heavy atom. The number of likely N-dealkylation sites (tertiary alicyclic amines) is 1. The van der Waals surface area contributed by atoms with Crippen molar-refractivity contribution in [3.05, 3.63) is 29.8 Å². The lowest BCUT2D eigenvalue weighted by atomic mass is 10.0. The molecule has 1 saturated heterocycles. The molecule has 0 aliphatic carbocycles. The lowest BCUT2D eigenvalue weighted by molar-refractivity contribution is -0.143. The number of nitrogens with zero attached hydrogens (tertiary/aromatic N) is 2. The van der Waals surface area contributed by atoms with E-state index >= 15 is 0 Å². The number of benzene rings is 1. The number of amides is 1. The highest BCUT2D eigenvalue weighted by atomic mass is 16.6. The van der Waals surface area contributed by atoms with E-state index in [0.717, 1.165) is 43.0 Å². The summed E-state index contributed by atoms with van der Waals surface area (Å²) in [6.45, 7) is 1.69. The van der Waals surface area contributed by atoms with Crippen molar-refractivity contribution in [2.45, 2.75) is 31.8 Å². The van der Waals surface area contributed by atoms with Crippen LogP contribution in [0, 0.1) is 0 Å². The number of hydrogen-bond donors (Lipinski definition) is 0. The third kappa shape index (κ3) is 3.01. The van der Waals surface area contributed by atoms with Crippen LogP contribution in [0.15, 0.2) is 29.4 Å². The van der Waals surface area contributed by atoms with E-state index in [-0.39, 0.29) is 5.91 Å². The van der Waals surface area contributed by atoms with Crippen LogP contribution < -0.4 is 4.74 Å². The first-order valence-corrected chi connectivity index (χ1v) is 7.44. The molecule has 2 aliphatic rings. The summed E-state index contributed by atoms with van der Waals surface area (Å²) in [5, 5.41) is 4.09. The average molecular weight is 288 g/mol. The van der Waals surface area contributed by atoms with E-state index in [0.29, 0.717) is 6.42 Å². The summed E-state index contributed by atoms with van der Waals surface area (Å²) >= 11 is 0. The largest absolute Gasteiger partial charge is 0.497 e. The molecule has 3 rings (SSSR count). The summed E-state index contributed by atoms with van der Waals surface area (Å²) in [6, 6.07) is 7.65. The predicted molar refractivity (Wildman–Crippen MR) is 79.5 cm³/mol. The molecule has 5 nitrogen and oxygen atoms in total. The molecule has 0 radical (unpaired) electrons. The van der Waals surface area contributed by atoms with Crippen LogP contribution >= 0.6 is 0 Å². The summed E-state index contributed by atoms with van der Waals surface area (Å²) < 4.78 is 5.14. The van der Waals surface area contributed by atoms with Crippen LogP contribution in [0.25, 0.3) is 0 Å². The molecule has 0 N–H and O–H groups in total. The Bertz CT molecular complexity index is 533. The fourth-order valence-corrected chi connectivity index (χ4v) is 2.78. The number of piperidine rings is 1. The fourth-order valence-electron chi connectivity index (χ4n) is 2.78. The van der Waals surface area contributed by atoms with Crippen LogP contribution in [-0.4, -0.2) is 42.8 Å². The number of carbonyl (C=O) groups is 1. The molecular formula is C16H20N2O3. The molecule has 112 valence electrons. The van der Waals surface area contributed by atoms with Gasteiger partial charge in [0.25, 0.3) is 5.91 Å². The predicted octanol–water partition coefficient (Wildman–Crippen LogP) is 2.20. The number of oxime groups is 1. The minimum Gasteiger partial charge on any atom is -0.497 e. The molecule has 1 fully saturated rings. The highest BCUT2D eigenvalue weighted by molar-refractivity contribution is 6.04. The third-order valence-corrected chi connectivity index (χ3v) is 4.04. The molecule has 1 atom stereocenters. The van der Waals surface area contributed by atoms with Crippen molar-refractivity contribution in [2.75, 3.05) is 20.2 Å². The molecule has 0 aromatic heterocycles. The van der Waals surface area contributed by atoms with Gasteiger partial charge in [-0.3, -0.25) is 4.79 Å². The van der Waals surface area contributed by atoms with Gasteiger partial charge in [0, 0.05) is 19.5 Å². The zero-order chi connectivity index (χ0) is 14.7. The molecular weight excluding hydrogens is 268 g/mol. The van der Waals surface area contributed by atoms with Crippen molar-refractivity contribution in [3.8, 4) is 5.75 Å². The summed E-state index contributed by atoms with van der Waals surface area (Å²) in [5.41, 5.74) is 1.80. The van der Waals surface area contributed by atoms with Crippen molar-refractivity contribution < 1.29 is 14.4 Å². The van der Waals surface area contributed by atoms with Crippen LogP contribution in [-0.2, 0) is 9.63 Å². The Kier molecular flexibility index (Phi) is 4.08.